The molecule has 0 saturated carbocycles. The van der Waals surface area contributed by atoms with Crippen LogP contribution in [-0.2, 0) is 4.79 Å². The van der Waals surface area contributed by atoms with Crippen LogP contribution in [0, 0.1) is 0 Å². The molecule has 0 rings (SSSR count). The van der Waals surface area contributed by atoms with Gasteiger partial charge in [-0.05, 0) is 19.8 Å². The number of rotatable bonds is 5. The van der Waals surface area contributed by atoms with E-state index in [1.54, 1.807) is 6.92 Å². The third kappa shape index (κ3) is 9.64. The van der Waals surface area contributed by atoms with Gasteiger partial charge < -0.3 is 5.32 Å². The molecule has 0 heterocycles. The zero-order valence-electron chi connectivity index (χ0n) is 7.83. The number of carbonyl (C=O) groups excluding carboxylic acids is 1. The number of carbonyl (C=O) groups is 1. The van der Waals surface area contributed by atoms with Crippen LogP contribution in [0.15, 0.2) is 0 Å². The number of amides is 1. The van der Waals surface area contributed by atoms with E-state index >= 15 is 0 Å². The molecule has 1 N–H and O–H groups in total. The molecular weight excluding hydrogens is 219 g/mol. The average Bonchev–Trinajstić information content (AvgIpc) is 1.94. The first kappa shape index (κ1) is 13.5. The standard InChI is InChI=1S/C8H13ClF3NO/c1-6(9)3-2-4-13-7(14)5-8(10,11)12/h6H,2-5H2,1H3,(H,13,14). The molecule has 0 aliphatic carbocycles. The Labute approximate surface area is 85.8 Å². The predicted molar refractivity (Wildman–Crippen MR) is 48.2 cm³/mol. The van der Waals surface area contributed by atoms with Gasteiger partial charge in [-0.1, -0.05) is 0 Å². The molecule has 0 fully saturated rings. The van der Waals surface area contributed by atoms with Crippen LogP contribution in [0.25, 0.3) is 0 Å². The molecule has 0 bridgehead atoms. The molecule has 0 aromatic carbocycles. The van der Waals surface area contributed by atoms with Crippen molar-refractivity contribution in [2.75, 3.05) is 6.54 Å². The van der Waals surface area contributed by atoms with Gasteiger partial charge in [0.15, 0.2) is 0 Å². The topological polar surface area (TPSA) is 29.1 Å². The number of nitrogens with one attached hydrogen (secondary N) is 1. The van der Waals surface area contributed by atoms with E-state index in [4.69, 9.17) is 11.6 Å². The molecule has 0 aromatic heterocycles. The molecule has 2 nitrogen and oxygen atoms in total. The normalized spacial score (nSPS) is 13.8. The Balaban J connectivity index is 3.46. The molecule has 84 valence electrons. The van der Waals surface area contributed by atoms with E-state index in [1.165, 1.54) is 0 Å². The van der Waals surface area contributed by atoms with E-state index in [0.29, 0.717) is 12.8 Å². The highest BCUT2D eigenvalue weighted by Crippen LogP contribution is 2.18. The molecule has 1 unspecified atom stereocenters. The molecule has 6 heteroatoms. The second-order valence-corrected chi connectivity index (χ2v) is 3.81. The van der Waals surface area contributed by atoms with Crippen molar-refractivity contribution in [1.29, 1.82) is 0 Å². The molecule has 0 aromatic rings. The van der Waals surface area contributed by atoms with Gasteiger partial charge >= 0.3 is 6.18 Å². The monoisotopic (exact) mass is 231 g/mol. The molecule has 14 heavy (non-hydrogen) atoms. The fourth-order valence-corrected chi connectivity index (χ4v) is 1.01. The second-order valence-electron chi connectivity index (χ2n) is 3.06. The predicted octanol–water partition coefficient (Wildman–Crippen LogP) is 2.46. The molecule has 0 saturated heterocycles. The summed E-state index contributed by atoms with van der Waals surface area (Å²) < 4.78 is 35.0. The highest BCUT2D eigenvalue weighted by atomic mass is 35.5. The lowest BCUT2D eigenvalue weighted by Crippen LogP contribution is -2.29. The van der Waals surface area contributed by atoms with E-state index in [1.807, 2.05) is 0 Å². The minimum Gasteiger partial charge on any atom is -0.356 e. The van der Waals surface area contributed by atoms with Crippen LogP contribution in [0.1, 0.15) is 26.2 Å². The fourth-order valence-electron chi connectivity index (χ4n) is 0.856. The maximum atomic E-state index is 11.7. The first-order valence-electron chi connectivity index (χ1n) is 4.29. The number of halogens is 4. The van der Waals surface area contributed by atoms with Gasteiger partial charge in [-0.3, -0.25) is 4.79 Å². The van der Waals surface area contributed by atoms with E-state index in [2.05, 4.69) is 5.32 Å². The minimum atomic E-state index is -4.43. The van der Waals surface area contributed by atoms with Gasteiger partial charge in [0.2, 0.25) is 5.91 Å². The highest BCUT2D eigenvalue weighted by molar-refractivity contribution is 6.20. The minimum absolute atomic E-state index is 0.0190. The average molecular weight is 232 g/mol. The van der Waals surface area contributed by atoms with Gasteiger partial charge in [-0.15, -0.1) is 11.6 Å². The van der Waals surface area contributed by atoms with Gasteiger partial charge in [-0.25, -0.2) is 0 Å². The Kier molecular flexibility index (Phi) is 5.92. The Hall–Kier alpha value is -0.450. The summed E-state index contributed by atoms with van der Waals surface area (Å²) in [6, 6.07) is 0. The van der Waals surface area contributed by atoms with Crippen molar-refractivity contribution in [3.63, 3.8) is 0 Å². The summed E-state index contributed by atoms with van der Waals surface area (Å²) in [6.45, 7) is 2.03. The molecule has 0 aliphatic rings. The highest BCUT2D eigenvalue weighted by Gasteiger charge is 2.30. The summed E-state index contributed by atoms with van der Waals surface area (Å²) in [5, 5.41) is 2.16. The Morgan fingerprint density at radius 3 is 2.50 bits per heavy atom. The zero-order chi connectivity index (χ0) is 11.2. The summed E-state index contributed by atoms with van der Waals surface area (Å²) >= 11 is 5.61. The zero-order valence-corrected chi connectivity index (χ0v) is 8.58. The summed E-state index contributed by atoms with van der Waals surface area (Å²) in [5.74, 6) is -0.986. The van der Waals surface area contributed by atoms with Crippen LogP contribution in [0.4, 0.5) is 13.2 Å². The lowest BCUT2D eigenvalue weighted by Gasteiger charge is -2.07. The number of hydrogen-bond acceptors (Lipinski definition) is 1. The maximum Gasteiger partial charge on any atom is 0.397 e. The number of hydrogen-bond donors (Lipinski definition) is 1. The van der Waals surface area contributed by atoms with Crippen LogP contribution in [0.3, 0.4) is 0 Å². The lowest BCUT2D eigenvalue weighted by atomic mass is 10.2. The van der Waals surface area contributed by atoms with Crippen LogP contribution in [-0.4, -0.2) is 24.0 Å². The molecule has 1 amide bonds. The van der Waals surface area contributed by atoms with E-state index in [-0.39, 0.29) is 11.9 Å². The van der Waals surface area contributed by atoms with Gasteiger partial charge in [0, 0.05) is 11.9 Å². The summed E-state index contributed by atoms with van der Waals surface area (Å²) in [4.78, 5) is 10.6. The Morgan fingerprint density at radius 2 is 2.07 bits per heavy atom. The summed E-state index contributed by atoms with van der Waals surface area (Å²) in [7, 11) is 0. The van der Waals surface area contributed by atoms with Crippen molar-refractivity contribution in [1.82, 2.24) is 5.32 Å². The van der Waals surface area contributed by atoms with Crippen molar-refractivity contribution in [2.45, 2.75) is 37.7 Å². The summed E-state index contributed by atoms with van der Waals surface area (Å²) in [5.41, 5.74) is 0. The quantitative estimate of drug-likeness (QED) is 0.572. The van der Waals surface area contributed by atoms with Crippen molar-refractivity contribution in [3.8, 4) is 0 Å². The summed E-state index contributed by atoms with van der Waals surface area (Å²) in [6.07, 6.45) is -4.57. The smallest absolute Gasteiger partial charge is 0.356 e. The largest absolute Gasteiger partial charge is 0.397 e. The van der Waals surface area contributed by atoms with Gasteiger partial charge in [0.05, 0.1) is 0 Å². The van der Waals surface area contributed by atoms with E-state index in [9.17, 15) is 18.0 Å². The first-order valence-corrected chi connectivity index (χ1v) is 4.72. The van der Waals surface area contributed by atoms with Crippen molar-refractivity contribution in [3.05, 3.63) is 0 Å². The van der Waals surface area contributed by atoms with Crippen molar-refractivity contribution < 1.29 is 18.0 Å². The van der Waals surface area contributed by atoms with Gasteiger partial charge in [-0.2, -0.15) is 13.2 Å². The van der Waals surface area contributed by atoms with Crippen LogP contribution in [0.5, 0.6) is 0 Å². The van der Waals surface area contributed by atoms with Crippen LogP contribution >= 0.6 is 11.6 Å². The third-order valence-electron chi connectivity index (χ3n) is 1.46. The first-order chi connectivity index (χ1) is 6.31. The number of alkyl halides is 4. The van der Waals surface area contributed by atoms with Gasteiger partial charge in [0.1, 0.15) is 6.42 Å². The van der Waals surface area contributed by atoms with Crippen LogP contribution in [0.2, 0.25) is 0 Å². The van der Waals surface area contributed by atoms with Crippen molar-refractivity contribution in [2.24, 2.45) is 0 Å². The molecule has 1 atom stereocenters. The Morgan fingerprint density at radius 1 is 1.50 bits per heavy atom. The molecule has 0 spiro atoms. The lowest BCUT2D eigenvalue weighted by molar-refractivity contribution is -0.153. The molecular formula is C8H13ClF3NO. The van der Waals surface area contributed by atoms with Crippen LogP contribution < -0.4 is 5.32 Å². The van der Waals surface area contributed by atoms with E-state index < -0.39 is 18.5 Å². The second kappa shape index (κ2) is 6.11. The molecule has 0 radical (unpaired) electrons. The molecule has 0 aliphatic heterocycles. The third-order valence-corrected chi connectivity index (χ3v) is 1.68. The fraction of sp³-hybridized carbons (Fsp3) is 0.875. The van der Waals surface area contributed by atoms with Gasteiger partial charge in [0.25, 0.3) is 0 Å². The maximum absolute atomic E-state index is 11.7. The van der Waals surface area contributed by atoms with Crippen molar-refractivity contribution >= 4 is 17.5 Å². The Bertz CT molecular complexity index is 182. The van der Waals surface area contributed by atoms with E-state index in [0.717, 1.165) is 0 Å². The SMILES string of the molecule is CC(Cl)CCCNC(=O)CC(F)(F)F.